The number of anilines is 1. The summed E-state index contributed by atoms with van der Waals surface area (Å²) >= 11 is 1.45. The fourth-order valence-corrected chi connectivity index (χ4v) is 3.21. The molecule has 2 aliphatic rings. The third kappa shape index (κ3) is 2.72. The van der Waals surface area contributed by atoms with Gasteiger partial charge in [-0.05, 0) is 23.8 Å². The fraction of sp³-hybridized carbons (Fsp3) is 0.111. The summed E-state index contributed by atoms with van der Waals surface area (Å²) in [6, 6.07) is 16.1. The summed E-state index contributed by atoms with van der Waals surface area (Å²) in [5, 5.41) is 11.0. The molecule has 2 aromatic rings. The molecular weight excluding hydrogens is 318 g/mol. The van der Waals surface area contributed by atoms with Crippen molar-refractivity contribution in [1.82, 2.24) is 15.2 Å². The Kier molecular flexibility index (Phi) is 3.66. The van der Waals surface area contributed by atoms with E-state index < -0.39 is 0 Å². The molecule has 0 unspecified atom stereocenters. The van der Waals surface area contributed by atoms with Crippen LogP contribution in [0.5, 0.6) is 0 Å². The van der Waals surface area contributed by atoms with Gasteiger partial charge in [0.1, 0.15) is 10.7 Å². The summed E-state index contributed by atoms with van der Waals surface area (Å²) in [7, 11) is 4.04. The Morgan fingerprint density at radius 3 is 2.58 bits per heavy atom. The van der Waals surface area contributed by atoms with Crippen molar-refractivity contribution in [3.05, 3.63) is 54.1 Å². The normalized spacial score (nSPS) is 11.6. The number of benzene rings is 2. The van der Waals surface area contributed by atoms with E-state index in [1.807, 2.05) is 50.5 Å². The minimum absolute atomic E-state index is 0.599. The number of hydrogen-bond donors (Lipinski definition) is 0. The lowest BCUT2D eigenvalue weighted by atomic mass is 10.2. The highest BCUT2D eigenvalue weighted by atomic mass is 32.1. The van der Waals surface area contributed by atoms with Gasteiger partial charge in [-0.2, -0.15) is 0 Å². The Balaban J connectivity index is 1.64. The highest BCUT2D eigenvalue weighted by Crippen LogP contribution is 2.34. The molecule has 118 valence electrons. The highest BCUT2D eigenvalue weighted by molar-refractivity contribution is 7.18. The smallest absolute Gasteiger partial charge is 0.231 e. The molecule has 0 fully saturated rings. The number of aromatic nitrogens is 3. The Hall–Kier alpha value is -2.86. The minimum atomic E-state index is 0.599. The predicted molar refractivity (Wildman–Crippen MR) is 99.9 cm³/mol. The molecule has 2 aromatic carbocycles. The lowest BCUT2D eigenvalue weighted by Gasteiger charge is -2.11. The molecule has 4 rings (SSSR count). The van der Waals surface area contributed by atoms with E-state index in [-0.39, 0.29) is 0 Å². The Morgan fingerprint density at radius 2 is 1.79 bits per heavy atom. The van der Waals surface area contributed by atoms with Gasteiger partial charge in [0.05, 0.1) is 5.52 Å². The fourth-order valence-electron chi connectivity index (χ4n) is 2.46. The number of hydrogen-bond acceptors (Lipinski definition) is 6. The molecule has 0 amide bonds. The first-order valence-corrected chi connectivity index (χ1v) is 8.36. The average molecular weight is 333 g/mol. The van der Waals surface area contributed by atoms with Crippen LogP contribution in [0.4, 0.5) is 10.8 Å². The first-order chi connectivity index (χ1) is 11.7. The van der Waals surface area contributed by atoms with Crippen LogP contribution in [0.2, 0.25) is 0 Å². The van der Waals surface area contributed by atoms with E-state index in [1.165, 1.54) is 11.3 Å². The summed E-state index contributed by atoms with van der Waals surface area (Å²) in [6.45, 7) is 0. The van der Waals surface area contributed by atoms with Gasteiger partial charge in [-0.15, -0.1) is 10.2 Å². The van der Waals surface area contributed by atoms with E-state index in [1.54, 1.807) is 6.21 Å². The molecule has 2 heterocycles. The van der Waals surface area contributed by atoms with E-state index in [0.717, 1.165) is 32.9 Å². The van der Waals surface area contributed by atoms with Crippen LogP contribution in [-0.4, -0.2) is 35.5 Å². The molecule has 0 radical (unpaired) electrons. The molecule has 0 atom stereocenters. The van der Waals surface area contributed by atoms with Gasteiger partial charge in [-0.1, -0.05) is 41.7 Å². The largest absolute Gasteiger partial charge is 0.378 e. The first kappa shape index (κ1) is 14.7. The molecule has 0 N–H and O–H groups in total. The van der Waals surface area contributed by atoms with E-state index in [0.29, 0.717) is 5.13 Å². The van der Waals surface area contributed by atoms with E-state index in [4.69, 9.17) is 0 Å². The van der Waals surface area contributed by atoms with Crippen LogP contribution in [0.3, 0.4) is 0 Å². The minimum Gasteiger partial charge on any atom is -0.378 e. The van der Waals surface area contributed by atoms with Gasteiger partial charge in [0, 0.05) is 31.4 Å². The molecule has 0 saturated carbocycles. The maximum Gasteiger partial charge on any atom is 0.231 e. The van der Waals surface area contributed by atoms with Crippen molar-refractivity contribution in [1.29, 1.82) is 0 Å². The SMILES string of the molecule is CN(C)c1ccc(/C=N/c2nnc3c4ccccc4nc-3s2)cc1. The van der Waals surface area contributed by atoms with Crippen LogP contribution in [0.25, 0.3) is 21.6 Å². The Morgan fingerprint density at radius 1 is 1.00 bits per heavy atom. The van der Waals surface area contributed by atoms with Crippen LogP contribution >= 0.6 is 11.3 Å². The number of nitrogens with zero attached hydrogens (tertiary/aromatic N) is 5. The van der Waals surface area contributed by atoms with Crippen molar-refractivity contribution in [2.75, 3.05) is 19.0 Å². The van der Waals surface area contributed by atoms with Crippen molar-refractivity contribution in [3.8, 4) is 10.7 Å². The van der Waals surface area contributed by atoms with Crippen LogP contribution in [-0.2, 0) is 0 Å². The van der Waals surface area contributed by atoms with Gasteiger partial charge in [0.2, 0.25) is 5.13 Å². The van der Waals surface area contributed by atoms with Crippen LogP contribution in [0.15, 0.2) is 53.5 Å². The Bertz CT molecular complexity index is 988. The van der Waals surface area contributed by atoms with Gasteiger partial charge in [-0.3, -0.25) is 0 Å². The summed E-state index contributed by atoms with van der Waals surface area (Å²) in [5.74, 6) is 0. The zero-order valence-electron chi connectivity index (χ0n) is 13.3. The topological polar surface area (TPSA) is 54.3 Å². The zero-order chi connectivity index (χ0) is 16.5. The third-order valence-corrected chi connectivity index (χ3v) is 4.59. The average Bonchev–Trinajstić information content (AvgIpc) is 2.98. The van der Waals surface area contributed by atoms with Crippen LogP contribution in [0.1, 0.15) is 5.56 Å². The van der Waals surface area contributed by atoms with Gasteiger partial charge in [0.15, 0.2) is 0 Å². The van der Waals surface area contributed by atoms with Gasteiger partial charge in [-0.25, -0.2) is 9.98 Å². The van der Waals surface area contributed by atoms with Crippen molar-refractivity contribution in [2.24, 2.45) is 4.99 Å². The predicted octanol–water partition coefficient (Wildman–Crippen LogP) is 4.01. The number of aliphatic imine (C=N–C) groups is 1. The highest BCUT2D eigenvalue weighted by Gasteiger charge is 2.15. The lowest BCUT2D eigenvalue weighted by Crippen LogP contribution is -2.08. The quantitative estimate of drug-likeness (QED) is 0.532. The van der Waals surface area contributed by atoms with Gasteiger partial charge in [0.25, 0.3) is 0 Å². The molecule has 0 aliphatic carbocycles. The zero-order valence-corrected chi connectivity index (χ0v) is 14.2. The Labute approximate surface area is 143 Å². The van der Waals surface area contributed by atoms with E-state index >= 15 is 0 Å². The second kappa shape index (κ2) is 5.98. The van der Waals surface area contributed by atoms with Crippen LogP contribution in [0, 0.1) is 0 Å². The summed E-state index contributed by atoms with van der Waals surface area (Å²) in [4.78, 5) is 11.1. The first-order valence-electron chi connectivity index (χ1n) is 7.54. The maximum atomic E-state index is 4.60. The summed E-state index contributed by atoms with van der Waals surface area (Å²) in [6.07, 6.45) is 1.80. The van der Waals surface area contributed by atoms with E-state index in [9.17, 15) is 0 Å². The van der Waals surface area contributed by atoms with Crippen molar-refractivity contribution in [3.63, 3.8) is 0 Å². The molecule has 0 spiro atoms. The van der Waals surface area contributed by atoms with Gasteiger partial charge >= 0.3 is 0 Å². The third-order valence-electron chi connectivity index (χ3n) is 3.74. The number of fused-ring (bicyclic) bond motifs is 3. The molecule has 24 heavy (non-hydrogen) atoms. The number of rotatable bonds is 3. The summed E-state index contributed by atoms with van der Waals surface area (Å²) < 4.78 is 0. The molecule has 0 saturated heterocycles. The molecule has 0 aromatic heterocycles. The van der Waals surface area contributed by atoms with Crippen molar-refractivity contribution in [2.45, 2.75) is 0 Å². The maximum absolute atomic E-state index is 4.60. The van der Waals surface area contributed by atoms with Crippen molar-refractivity contribution < 1.29 is 0 Å². The lowest BCUT2D eigenvalue weighted by molar-refractivity contribution is 1.06. The standard InChI is InChI=1S/C18H15N5S/c1-23(2)13-9-7-12(8-10-13)11-19-18-22-21-16-14-5-3-4-6-15(14)20-17(16)24-18/h3-11H,1-2H3/b19-11+. The monoisotopic (exact) mass is 333 g/mol. The number of para-hydroxylation sites is 1. The van der Waals surface area contributed by atoms with Crippen molar-refractivity contribution >= 4 is 39.3 Å². The molecule has 6 heteroatoms. The molecule has 5 nitrogen and oxygen atoms in total. The second-order valence-corrected chi connectivity index (χ2v) is 6.57. The molecular formula is C18H15N5S. The molecule has 2 aliphatic heterocycles. The van der Waals surface area contributed by atoms with E-state index in [2.05, 4.69) is 37.2 Å². The van der Waals surface area contributed by atoms with Gasteiger partial charge < -0.3 is 4.90 Å². The van der Waals surface area contributed by atoms with Crippen LogP contribution < -0.4 is 4.90 Å². The summed E-state index contributed by atoms with van der Waals surface area (Å²) in [5.41, 5.74) is 3.96. The second-order valence-electron chi connectivity index (χ2n) is 5.61. The molecule has 0 bridgehead atoms.